The molecular formula is C14H19NO4S. The van der Waals surface area contributed by atoms with Crippen molar-refractivity contribution in [2.24, 2.45) is 0 Å². The van der Waals surface area contributed by atoms with Crippen molar-refractivity contribution < 1.29 is 18.9 Å². The first-order valence-corrected chi connectivity index (χ1v) is 7.82. The maximum atomic E-state index is 11.8. The molecule has 0 saturated carbocycles. The number of rotatable bonds is 7. The van der Waals surface area contributed by atoms with Gasteiger partial charge < -0.3 is 10.4 Å². The fourth-order valence-electron chi connectivity index (χ4n) is 1.68. The Morgan fingerprint density at radius 2 is 2.00 bits per heavy atom. The number of aryl methyl sites for hydroxylation is 1. The standard InChI is InChI=1S/C14H19NO4S/c1-10-5-3-6-12(11(10)2)15-13(16)9-20(19)8-4-7-14(17)18/h3,5-6H,4,7-9H2,1-2H3,(H,15,16)(H,17,18). The summed E-state index contributed by atoms with van der Waals surface area (Å²) >= 11 is 0. The van der Waals surface area contributed by atoms with E-state index in [0.29, 0.717) is 6.42 Å². The number of benzene rings is 1. The van der Waals surface area contributed by atoms with E-state index in [-0.39, 0.29) is 23.8 Å². The highest BCUT2D eigenvalue weighted by atomic mass is 32.2. The van der Waals surface area contributed by atoms with Crippen molar-refractivity contribution in [2.75, 3.05) is 16.8 Å². The molecule has 0 saturated heterocycles. The predicted molar refractivity (Wildman–Crippen MR) is 79.3 cm³/mol. The Morgan fingerprint density at radius 1 is 1.30 bits per heavy atom. The first-order valence-electron chi connectivity index (χ1n) is 6.33. The van der Waals surface area contributed by atoms with Crippen molar-refractivity contribution >= 4 is 28.4 Å². The van der Waals surface area contributed by atoms with E-state index in [1.807, 2.05) is 26.0 Å². The number of carboxylic acids is 1. The molecule has 0 aliphatic carbocycles. The zero-order chi connectivity index (χ0) is 15.1. The third-order valence-corrected chi connectivity index (χ3v) is 4.26. The molecule has 5 nitrogen and oxygen atoms in total. The van der Waals surface area contributed by atoms with E-state index >= 15 is 0 Å². The fourth-order valence-corrected chi connectivity index (χ4v) is 2.65. The van der Waals surface area contributed by atoms with E-state index in [1.165, 1.54) is 0 Å². The summed E-state index contributed by atoms with van der Waals surface area (Å²) < 4.78 is 11.6. The highest BCUT2D eigenvalue weighted by Crippen LogP contribution is 2.17. The van der Waals surface area contributed by atoms with Crippen molar-refractivity contribution in [1.29, 1.82) is 0 Å². The summed E-state index contributed by atoms with van der Waals surface area (Å²) in [4.78, 5) is 22.1. The molecule has 0 aliphatic heterocycles. The zero-order valence-electron chi connectivity index (χ0n) is 11.6. The fraction of sp³-hybridized carbons (Fsp3) is 0.429. The Hall–Kier alpha value is -1.69. The van der Waals surface area contributed by atoms with Gasteiger partial charge in [-0.25, -0.2) is 0 Å². The van der Waals surface area contributed by atoms with Gasteiger partial charge in [-0.2, -0.15) is 0 Å². The highest BCUT2D eigenvalue weighted by Gasteiger charge is 2.10. The van der Waals surface area contributed by atoms with Crippen molar-refractivity contribution in [3.8, 4) is 0 Å². The van der Waals surface area contributed by atoms with Gasteiger partial charge in [0.1, 0.15) is 5.75 Å². The van der Waals surface area contributed by atoms with E-state index in [2.05, 4.69) is 5.32 Å². The Bertz CT molecular complexity index is 528. The van der Waals surface area contributed by atoms with Gasteiger partial charge >= 0.3 is 5.97 Å². The molecule has 1 aromatic carbocycles. The molecule has 0 bridgehead atoms. The molecule has 1 unspecified atom stereocenters. The smallest absolute Gasteiger partial charge is 0.303 e. The van der Waals surface area contributed by atoms with Crippen LogP contribution in [0.15, 0.2) is 18.2 Å². The molecule has 1 aromatic rings. The summed E-state index contributed by atoms with van der Waals surface area (Å²) in [5, 5.41) is 11.2. The van der Waals surface area contributed by atoms with Gasteiger partial charge in [0.25, 0.3) is 0 Å². The molecule has 0 spiro atoms. The van der Waals surface area contributed by atoms with E-state index < -0.39 is 16.8 Å². The molecule has 2 N–H and O–H groups in total. The predicted octanol–water partition coefficient (Wildman–Crippen LogP) is 1.86. The van der Waals surface area contributed by atoms with Crippen molar-refractivity contribution in [3.05, 3.63) is 29.3 Å². The van der Waals surface area contributed by atoms with E-state index in [1.54, 1.807) is 6.07 Å². The van der Waals surface area contributed by atoms with Gasteiger partial charge in [-0.15, -0.1) is 0 Å². The number of amides is 1. The third-order valence-electron chi connectivity index (χ3n) is 2.93. The first-order chi connectivity index (χ1) is 9.40. The van der Waals surface area contributed by atoms with Gasteiger partial charge in [0.15, 0.2) is 0 Å². The number of carboxylic acid groups (broad SMARTS) is 1. The molecule has 6 heteroatoms. The minimum absolute atomic E-state index is 0.0235. The number of carbonyl (C=O) groups excluding carboxylic acids is 1. The second-order valence-electron chi connectivity index (χ2n) is 4.58. The number of nitrogens with one attached hydrogen (secondary N) is 1. The Balaban J connectivity index is 2.45. The van der Waals surface area contributed by atoms with Gasteiger partial charge in [0.2, 0.25) is 5.91 Å². The average molecular weight is 297 g/mol. The maximum absolute atomic E-state index is 11.8. The molecule has 1 rings (SSSR count). The summed E-state index contributed by atoms with van der Waals surface area (Å²) in [5.74, 6) is -1.10. The van der Waals surface area contributed by atoms with Crippen LogP contribution >= 0.6 is 0 Å². The van der Waals surface area contributed by atoms with Crippen LogP contribution in [0.3, 0.4) is 0 Å². The number of hydrogen-bond acceptors (Lipinski definition) is 3. The van der Waals surface area contributed by atoms with Crippen LogP contribution in [0, 0.1) is 13.8 Å². The minimum atomic E-state index is -1.33. The Morgan fingerprint density at radius 3 is 2.65 bits per heavy atom. The normalized spacial score (nSPS) is 11.9. The molecule has 0 aromatic heterocycles. The lowest BCUT2D eigenvalue weighted by Crippen LogP contribution is -2.21. The molecule has 110 valence electrons. The second kappa shape index (κ2) is 7.79. The van der Waals surface area contributed by atoms with Crippen LogP contribution in [-0.4, -0.2) is 32.7 Å². The van der Waals surface area contributed by atoms with Crippen LogP contribution in [0.25, 0.3) is 0 Å². The van der Waals surface area contributed by atoms with Gasteiger partial charge in [-0.05, 0) is 37.5 Å². The summed E-state index contributed by atoms with van der Waals surface area (Å²) in [5.41, 5.74) is 2.78. The highest BCUT2D eigenvalue weighted by molar-refractivity contribution is 7.85. The van der Waals surface area contributed by atoms with Gasteiger partial charge in [-0.3, -0.25) is 13.8 Å². The van der Waals surface area contributed by atoms with Crippen molar-refractivity contribution in [3.63, 3.8) is 0 Å². The van der Waals surface area contributed by atoms with Gasteiger partial charge in [0.05, 0.1) is 0 Å². The van der Waals surface area contributed by atoms with E-state index in [9.17, 15) is 13.8 Å². The lowest BCUT2D eigenvalue weighted by molar-refractivity contribution is -0.137. The summed E-state index contributed by atoms with van der Waals surface area (Å²) in [6.45, 7) is 3.86. The van der Waals surface area contributed by atoms with Crippen LogP contribution in [0.2, 0.25) is 0 Å². The van der Waals surface area contributed by atoms with Crippen molar-refractivity contribution in [1.82, 2.24) is 0 Å². The van der Waals surface area contributed by atoms with E-state index in [4.69, 9.17) is 5.11 Å². The summed E-state index contributed by atoms with van der Waals surface area (Å²) in [6, 6.07) is 5.60. The molecule has 0 radical (unpaired) electrons. The minimum Gasteiger partial charge on any atom is -0.481 e. The van der Waals surface area contributed by atoms with Gasteiger partial charge in [-0.1, -0.05) is 12.1 Å². The number of aliphatic carboxylic acids is 1. The Labute approximate surface area is 120 Å². The monoisotopic (exact) mass is 297 g/mol. The lowest BCUT2D eigenvalue weighted by atomic mass is 10.1. The second-order valence-corrected chi connectivity index (χ2v) is 6.16. The zero-order valence-corrected chi connectivity index (χ0v) is 12.5. The van der Waals surface area contributed by atoms with E-state index in [0.717, 1.165) is 16.8 Å². The van der Waals surface area contributed by atoms with Crippen LogP contribution in [-0.2, 0) is 20.4 Å². The van der Waals surface area contributed by atoms with Crippen LogP contribution in [0.1, 0.15) is 24.0 Å². The Kier molecular flexibility index (Phi) is 6.38. The van der Waals surface area contributed by atoms with Crippen LogP contribution < -0.4 is 5.32 Å². The van der Waals surface area contributed by atoms with Crippen LogP contribution in [0.5, 0.6) is 0 Å². The molecule has 20 heavy (non-hydrogen) atoms. The maximum Gasteiger partial charge on any atom is 0.303 e. The third kappa shape index (κ3) is 5.52. The van der Waals surface area contributed by atoms with Crippen molar-refractivity contribution in [2.45, 2.75) is 26.7 Å². The van der Waals surface area contributed by atoms with Gasteiger partial charge in [0, 0.05) is 28.7 Å². The molecule has 1 amide bonds. The number of hydrogen-bond donors (Lipinski definition) is 2. The number of carbonyl (C=O) groups is 2. The molecule has 0 heterocycles. The molecule has 1 atom stereocenters. The topological polar surface area (TPSA) is 83.5 Å². The van der Waals surface area contributed by atoms with Crippen LogP contribution in [0.4, 0.5) is 5.69 Å². The quantitative estimate of drug-likeness (QED) is 0.804. The SMILES string of the molecule is Cc1cccc(NC(=O)CS(=O)CCCC(=O)O)c1C. The average Bonchev–Trinajstić information content (AvgIpc) is 2.34. The summed E-state index contributed by atoms with van der Waals surface area (Å²) in [7, 11) is -1.33. The summed E-state index contributed by atoms with van der Waals surface area (Å²) in [6.07, 6.45) is 0.295. The lowest BCUT2D eigenvalue weighted by Gasteiger charge is -2.10. The number of anilines is 1. The largest absolute Gasteiger partial charge is 0.481 e. The molecular weight excluding hydrogens is 278 g/mol. The molecule has 0 aliphatic rings. The first kappa shape index (κ1) is 16.4. The molecule has 0 fully saturated rings.